The van der Waals surface area contributed by atoms with Crippen LogP contribution in [0.25, 0.3) is 11.3 Å². The lowest BCUT2D eigenvalue weighted by Gasteiger charge is -2.21. The van der Waals surface area contributed by atoms with Gasteiger partial charge in [0.25, 0.3) is 0 Å². The summed E-state index contributed by atoms with van der Waals surface area (Å²) in [6.45, 7) is 3.02. The molecule has 0 amide bonds. The molecule has 2 fully saturated rings. The standard InChI is InChI=1S/C25H26F3N3S/c1-30-22(18-6-3-2-4-7-18)15-29-23(30)32-13-5-12-31-16-21-14-24(21,17-31)19-8-10-20(11-9-19)25(26,27)28/h2-4,6-11,15,21H,5,12-14,16-17H2,1H3/t21-,24+/m0/s1. The molecule has 2 heterocycles. The molecule has 32 heavy (non-hydrogen) atoms. The van der Waals surface area contributed by atoms with E-state index in [1.54, 1.807) is 23.9 Å². The summed E-state index contributed by atoms with van der Waals surface area (Å²) < 4.78 is 40.7. The van der Waals surface area contributed by atoms with Crippen LogP contribution in [0, 0.1) is 5.92 Å². The number of imidazole rings is 1. The minimum atomic E-state index is -4.27. The molecule has 0 spiro atoms. The zero-order valence-electron chi connectivity index (χ0n) is 18.0. The highest BCUT2D eigenvalue weighted by molar-refractivity contribution is 7.99. The van der Waals surface area contributed by atoms with Crippen molar-refractivity contribution < 1.29 is 13.2 Å². The van der Waals surface area contributed by atoms with Crippen LogP contribution in [0.2, 0.25) is 0 Å². The van der Waals surface area contributed by atoms with E-state index in [4.69, 9.17) is 0 Å². The third-order valence-electron chi connectivity index (χ3n) is 6.87. The van der Waals surface area contributed by atoms with Crippen LogP contribution in [0.4, 0.5) is 13.2 Å². The number of alkyl halides is 3. The van der Waals surface area contributed by atoms with Crippen molar-refractivity contribution in [1.82, 2.24) is 14.5 Å². The Morgan fingerprint density at radius 2 is 1.84 bits per heavy atom. The Morgan fingerprint density at radius 1 is 1.09 bits per heavy atom. The van der Waals surface area contributed by atoms with E-state index in [1.165, 1.54) is 17.7 Å². The van der Waals surface area contributed by atoms with Crippen molar-refractivity contribution in [3.63, 3.8) is 0 Å². The van der Waals surface area contributed by atoms with Gasteiger partial charge in [-0.3, -0.25) is 0 Å². The maximum Gasteiger partial charge on any atom is 0.416 e. The fraction of sp³-hybridized carbons (Fsp3) is 0.400. The number of thioether (sulfide) groups is 1. The Labute approximate surface area is 190 Å². The van der Waals surface area contributed by atoms with Crippen molar-refractivity contribution in [3.05, 3.63) is 71.9 Å². The summed E-state index contributed by atoms with van der Waals surface area (Å²) in [5, 5.41) is 1.02. The molecule has 2 aromatic carbocycles. The predicted molar refractivity (Wildman–Crippen MR) is 122 cm³/mol. The SMILES string of the molecule is Cn1c(-c2ccccc2)cnc1SCCCN1C[C@@H]2C[C@]2(c2ccc(C(F)(F)F)cc2)C1. The van der Waals surface area contributed by atoms with Gasteiger partial charge in [-0.05, 0) is 48.6 Å². The summed E-state index contributed by atoms with van der Waals surface area (Å²) in [7, 11) is 2.06. The maximum absolute atomic E-state index is 12.9. The van der Waals surface area contributed by atoms with Gasteiger partial charge in [-0.15, -0.1) is 0 Å². The number of rotatable bonds is 7. The molecule has 1 saturated carbocycles. The van der Waals surface area contributed by atoms with Crippen LogP contribution in [0.1, 0.15) is 24.0 Å². The fourth-order valence-electron chi connectivity index (χ4n) is 5.05. The van der Waals surface area contributed by atoms with Crippen LogP contribution in [0.5, 0.6) is 0 Å². The van der Waals surface area contributed by atoms with Gasteiger partial charge in [0.05, 0.1) is 17.5 Å². The number of piperidine rings is 1. The summed E-state index contributed by atoms with van der Waals surface area (Å²) in [6, 6.07) is 16.1. The molecular weight excluding hydrogens is 431 g/mol. The molecule has 1 aliphatic heterocycles. The number of hydrogen-bond acceptors (Lipinski definition) is 3. The quantitative estimate of drug-likeness (QED) is 0.327. The fourth-order valence-corrected chi connectivity index (χ4v) is 5.93. The average molecular weight is 458 g/mol. The molecule has 168 valence electrons. The van der Waals surface area contributed by atoms with Gasteiger partial charge in [0, 0.05) is 31.3 Å². The van der Waals surface area contributed by atoms with Crippen molar-refractivity contribution in [2.45, 2.75) is 29.6 Å². The van der Waals surface area contributed by atoms with Crippen LogP contribution < -0.4 is 0 Å². The first-order valence-electron chi connectivity index (χ1n) is 11.0. The Bertz CT molecular complexity index is 1080. The van der Waals surface area contributed by atoms with Crippen LogP contribution in [-0.2, 0) is 18.6 Å². The number of fused-ring (bicyclic) bond motifs is 1. The number of hydrogen-bond donors (Lipinski definition) is 0. The zero-order chi connectivity index (χ0) is 22.3. The number of halogens is 3. The molecule has 0 unspecified atom stereocenters. The van der Waals surface area contributed by atoms with Crippen molar-refractivity contribution in [1.29, 1.82) is 0 Å². The Balaban J connectivity index is 1.12. The number of aromatic nitrogens is 2. The van der Waals surface area contributed by atoms with E-state index in [0.717, 1.165) is 54.6 Å². The molecule has 1 aliphatic carbocycles. The summed E-state index contributed by atoms with van der Waals surface area (Å²) >= 11 is 1.78. The van der Waals surface area contributed by atoms with E-state index >= 15 is 0 Å². The molecule has 2 aliphatic rings. The molecule has 5 rings (SSSR count). The average Bonchev–Trinajstić information content (AvgIpc) is 3.16. The monoisotopic (exact) mass is 457 g/mol. The number of benzene rings is 2. The third-order valence-corrected chi connectivity index (χ3v) is 8.00. The Morgan fingerprint density at radius 3 is 2.56 bits per heavy atom. The lowest BCUT2D eigenvalue weighted by Crippen LogP contribution is -2.28. The maximum atomic E-state index is 12.9. The van der Waals surface area contributed by atoms with Crippen LogP contribution >= 0.6 is 11.8 Å². The van der Waals surface area contributed by atoms with E-state index < -0.39 is 11.7 Å². The molecule has 0 bridgehead atoms. The van der Waals surface area contributed by atoms with Crippen molar-refractivity contribution in [2.75, 3.05) is 25.4 Å². The molecular formula is C25H26F3N3S. The highest BCUT2D eigenvalue weighted by atomic mass is 32.2. The first kappa shape index (κ1) is 21.6. The largest absolute Gasteiger partial charge is 0.416 e. The van der Waals surface area contributed by atoms with Crippen molar-refractivity contribution >= 4 is 11.8 Å². The van der Waals surface area contributed by atoms with Gasteiger partial charge < -0.3 is 9.47 Å². The second-order valence-electron chi connectivity index (χ2n) is 8.92. The number of likely N-dealkylation sites (tertiary alicyclic amines) is 1. The second kappa shape index (κ2) is 8.27. The molecule has 0 radical (unpaired) electrons. The molecule has 1 saturated heterocycles. The highest BCUT2D eigenvalue weighted by Gasteiger charge is 2.60. The van der Waals surface area contributed by atoms with E-state index in [9.17, 15) is 13.2 Å². The number of nitrogens with zero attached hydrogens (tertiary/aromatic N) is 3. The summed E-state index contributed by atoms with van der Waals surface area (Å²) in [5.41, 5.74) is 2.85. The highest BCUT2D eigenvalue weighted by Crippen LogP contribution is 2.59. The molecule has 1 aromatic heterocycles. The summed E-state index contributed by atoms with van der Waals surface area (Å²) in [4.78, 5) is 7.06. The van der Waals surface area contributed by atoms with Gasteiger partial charge in [0.1, 0.15) is 0 Å². The van der Waals surface area contributed by atoms with Gasteiger partial charge in [-0.25, -0.2) is 4.98 Å². The minimum absolute atomic E-state index is 0.0710. The normalized spacial score (nSPS) is 22.8. The predicted octanol–water partition coefficient (Wildman–Crippen LogP) is 5.86. The van der Waals surface area contributed by atoms with Gasteiger partial charge in [-0.1, -0.05) is 54.2 Å². The van der Waals surface area contributed by atoms with Crippen LogP contribution in [-0.4, -0.2) is 39.8 Å². The van der Waals surface area contributed by atoms with E-state index in [1.807, 2.05) is 24.4 Å². The van der Waals surface area contributed by atoms with Crippen LogP contribution in [0.3, 0.4) is 0 Å². The first-order valence-corrected chi connectivity index (χ1v) is 12.0. The van der Waals surface area contributed by atoms with E-state index in [-0.39, 0.29) is 5.41 Å². The zero-order valence-corrected chi connectivity index (χ0v) is 18.8. The minimum Gasteiger partial charge on any atom is -0.322 e. The van der Waals surface area contributed by atoms with Gasteiger partial charge in [-0.2, -0.15) is 13.2 Å². The second-order valence-corrected chi connectivity index (χ2v) is 9.98. The Hall–Kier alpha value is -2.25. The third kappa shape index (κ3) is 4.08. The molecule has 2 atom stereocenters. The van der Waals surface area contributed by atoms with E-state index in [2.05, 4.69) is 33.6 Å². The lowest BCUT2D eigenvalue weighted by atomic mass is 9.94. The van der Waals surface area contributed by atoms with Gasteiger partial charge in [0.2, 0.25) is 0 Å². The smallest absolute Gasteiger partial charge is 0.322 e. The lowest BCUT2D eigenvalue weighted by molar-refractivity contribution is -0.137. The first-order chi connectivity index (χ1) is 15.4. The van der Waals surface area contributed by atoms with Crippen molar-refractivity contribution in [2.24, 2.45) is 13.0 Å². The van der Waals surface area contributed by atoms with Crippen LogP contribution in [0.15, 0.2) is 66.0 Å². The Kier molecular flexibility index (Phi) is 5.58. The van der Waals surface area contributed by atoms with Gasteiger partial charge >= 0.3 is 6.18 Å². The molecule has 0 N–H and O–H groups in total. The van der Waals surface area contributed by atoms with Crippen molar-refractivity contribution in [3.8, 4) is 11.3 Å². The van der Waals surface area contributed by atoms with E-state index in [0.29, 0.717) is 5.92 Å². The molecule has 3 nitrogen and oxygen atoms in total. The molecule has 7 heteroatoms. The summed E-state index contributed by atoms with van der Waals surface area (Å²) in [5.74, 6) is 1.57. The van der Waals surface area contributed by atoms with Gasteiger partial charge in [0.15, 0.2) is 5.16 Å². The summed E-state index contributed by atoms with van der Waals surface area (Å²) in [6.07, 6.45) is -0.180. The molecule has 3 aromatic rings. The topological polar surface area (TPSA) is 21.1 Å².